The van der Waals surface area contributed by atoms with Crippen LogP contribution in [-0.4, -0.2) is 99.9 Å². The van der Waals surface area contributed by atoms with E-state index in [1.165, 1.54) is 0 Å². The van der Waals surface area contributed by atoms with Gasteiger partial charge in [-0.1, -0.05) is 36.9 Å². The lowest BCUT2D eigenvalue weighted by atomic mass is 10.4. The predicted octanol–water partition coefficient (Wildman–Crippen LogP) is 1.41. The van der Waals surface area contributed by atoms with Crippen LogP contribution in [-0.2, 0) is 40.8 Å². The minimum Gasteiger partial charge on any atom is -0.382 e. The molecular weight excluding hydrogens is 440 g/mol. The van der Waals surface area contributed by atoms with Crippen LogP contribution in [0.5, 0.6) is 0 Å². The zero-order valence-corrected chi connectivity index (χ0v) is 21.6. The molecule has 0 fully saturated rings. The van der Waals surface area contributed by atoms with Gasteiger partial charge in [0, 0.05) is 47.8 Å². The van der Waals surface area contributed by atoms with Crippen molar-refractivity contribution in [2.45, 2.75) is 0 Å². The summed E-state index contributed by atoms with van der Waals surface area (Å²) in [6, 6.07) is 9.72. The van der Waals surface area contributed by atoms with E-state index in [9.17, 15) is 0 Å². The topological polar surface area (TPSA) is 83.1 Å². The van der Waals surface area contributed by atoms with Gasteiger partial charge in [0.1, 0.15) is 0 Å². The summed E-state index contributed by atoms with van der Waals surface area (Å²) in [5.41, 5.74) is 1.61. The van der Waals surface area contributed by atoms with Crippen molar-refractivity contribution in [2.75, 3.05) is 82.3 Å². The largest absolute Gasteiger partial charge is 0.536 e. The highest BCUT2D eigenvalue weighted by atomic mass is 28.4. The smallest absolute Gasteiger partial charge is 0.382 e. The van der Waals surface area contributed by atoms with Crippen molar-refractivity contribution in [3.8, 4) is 0 Å². The van der Waals surface area contributed by atoms with Crippen LogP contribution in [0.2, 0.25) is 0 Å². The molecule has 9 nitrogen and oxygen atoms in total. The molecule has 0 N–H and O–H groups in total. The van der Waals surface area contributed by atoms with Crippen molar-refractivity contribution in [2.24, 2.45) is 0 Å². The molecule has 0 saturated heterocycles. The number of hydrogen-bond acceptors (Lipinski definition) is 9. The molecule has 0 spiro atoms. The molecule has 0 atom stereocenters. The monoisotopic (exact) mass is 478 g/mol. The Morgan fingerprint density at radius 2 is 1.03 bits per heavy atom. The van der Waals surface area contributed by atoms with Gasteiger partial charge in [0.25, 0.3) is 0 Å². The Balaban J connectivity index is 0.000000609. The zero-order chi connectivity index (χ0) is 23.4. The van der Waals surface area contributed by atoms with E-state index < -0.39 is 17.6 Å². The fraction of sp³-hybridized carbons (Fsp3) is 0.600. The summed E-state index contributed by atoms with van der Waals surface area (Å²) in [4.78, 5) is 0. The summed E-state index contributed by atoms with van der Waals surface area (Å²) in [6.07, 6.45) is 0. The Morgan fingerprint density at radius 1 is 0.645 bits per heavy atom. The molecule has 0 heterocycles. The number of benzene rings is 1. The normalized spacial score (nSPS) is 11.7. The van der Waals surface area contributed by atoms with Gasteiger partial charge in [0.2, 0.25) is 0 Å². The van der Waals surface area contributed by atoms with Crippen molar-refractivity contribution >= 4 is 22.8 Å². The fourth-order valence-corrected chi connectivity index (χ4v) is 5.86. The van der Waals surface area contributed by atoms with Gasteiger partial charge in [-0.15, -0.1) is 0 Å². The molecule has 1 aromatic rings. The van der Waals surface area contributed by atoms with Gasteiger partial charge in [-0.05, 0) is 5.70 Å². The molecule has 1 rings (SSSR count). The van der Waals surface area contributed by atoms with Gasteiger partial charge >= 0.3 is 17.6 Å². The standard InChI is InChI=1S/C11H24O6Si.C9H14O3Si/c1-5-18(15-9-6-12-2,16-10-7-13-3)17-11-8-14-4;1-10-13(11-2,12-3)9-7-5-4-6-8-9/h5H,1,6-11H2,2-4H3;4-8H,1-3H3. The Labute approximate surface area is 188 Å². The third-order valence-electron chi connectivity index (χ3n) is 3.96. The minimum atomic E-state index is -2.86. The summed E-state index contributed by atoms with van der Waals surface area (Å²) >= 11 is 0. The van der Waals surface area contributed by atoms with Crippen molar-refractivity contribution in [3.63, 3.8) is 0 Å². The number of rotatable bonds is 17. The minimum absolute atomic E-state index is 0.398. The molecule has 31 heavy (non-hydrogen) atoms. The summed E-state index contributed by atoms with van der Waals surface area (Å²) in [6.45, 7) is 6.35. The van der Waals surface area contributed by atoms with E-state index in [1.54, 1.807) is 48.4 Å². The summed E-state index contributed by atoms with van der Waals surface area (Å²) in [5.74, 6) is 0. The average Bonchev–Trinajstić information content (AvgIpc) is 2.82. The van der Waals surface area contributed by atoms with Crippen molar-refractivity contribution in [3.05, 3.63) is 42.6 Å². The first kappa shape index (κ1) is 30.0. The van der Waals surface area contributed by atoms with E-state index in [2.05, 4.69) is 6.58 Å². The molecule has 0 unspecified atom stereocenters. The van der Waals surface area contributed by atoms with Gasteiger partial charge in [-0.2, -0.15) is 0 Å². The quantitative estimate of drug-likeness (QED) is 0.244. The van der Waals surface area contributed by atoms with Crippen molar-refractivity contribution in [1.82, 2.24) is 0 Å². The van der Waals surface area contributed by atoms with Crippen LogP contribution in [0.3, 0.4) is 0 Å². The van der Waals surface area contributed by atoms with Crippen LogP contribution in [0.1, 0.15) is 0 Å². The van der Waals surface area contributed by atoms with Gasteiger partial charge < -0.3 is 40.8 Å². The molecule has 1 aromatic carbocycles. The molecule has 11 heteroatoms. The van der Waals surface area contributed by atoms with E-state index in [-0.39, 0.29) is 0 Å². The van der Waals surface area contributed by atoms with Gasteiger partial charge in [-0.25, -0.2) is 0 Å². The number of hydrogen-bond donors (Lipinski definition) is 0. The van der Waals surface area contributed by atoms with Crippen LogP contribution >= 0.6 is 0 Å². The second-order valence-corrected chi connectivity index (χ2v) is 11.3. The molecule has 0 amide bonds. The first-order chi connectivity index (χ1) is 15.0. The zero-order valence-electron chi connectivity index (χ0n) is 19.6. The Bertz CT molecular complexity index is 510. The highest BCUT2D eigenvalue weighted by molar-refractivity contribution is 6.75. The molecule has 0 aliphatic rings. The van der Waals surface area contributed by atoms with Gasteiger partial charge in [-0.3, -0.25) is 0 Å². The van der Waals surface area contributed by atoms with Crippen molar-refractivity contribution < 1.29 is 40.8 Å². The van der Waals surface area contributed by atoms with Crippen LogP contribution in [0, 0.1) is 0 Å². The Kier molecular flexibility index (Phi) is 18.0. The maximum Gasteiger partial charge on any atom is 0.536 e. The number of methoxy groups -OCH3 is 3. The molecule has 180 valence electrons. The predicted molar refractivity (Wildman–Crippen MR) is 122 cm³/mol. The molecule has 0 saturated carbocycles. The van der Waals surface area contributed by atoms with E-state index in [4.69, 9.17) is 40.8 Å². The second-order valence-electron chi connectivity index (χ2n) is 5.87. The molecule has 0 bridgehead atoms. The summed E-state index contributed by atoms with van der Waals surface area (Å²) < 4.78 is 47.7. The van der Waals surface area contributed by atoms with Crippen LogP contribution in [0.25, 0.3) is 0 Å². The van der Waals surface area contributed by atoms with E-state index in [1.807, 2.05) is 30.3 Å². The van der Waals surface area contributed by atoms with Crippen LogP contribution in [0.4, 0.5) is 0 Å². The van der Waals surface area contributed by atoms with Gasteiger partial charge in [0.15, 0.2) is 0 Å². The lowest BCUT2D eigenvalue weighted by Crippen LogP contribution is -2.54. The lowest BCUT2D eigenvalue weighted by Gasteiger charge is -2.26. The second kappa shape index (κ2) is 18.6. The van der Waals surface area contributed by atoms with E-state index >= 15 is 0 Å². The van der Waals surface area contributed by atoms with E-state index in [0.29, 0.717) is 39.6 Å². The van der Waals surface area contributed by atoms with Gasteiger partial charge in [0.05, 0.1) is 39.6 Å². The Hall–Kier alpha value is -0.966. The SMILES string of the molecule is C=C[Si](OCCOC)(OCCOC)OCCOC.CO[Si](OC)(OC)c1ccccc1. The first-order valence-electron chi connectivity index (χ1n) is 9.76. The fourth-order valence-electron chi connectivity index (χ4n) is 2.35. The van der Waals surface area contributed by atoms with Crippen LogP contribution in [0.15, 0.2) is 42.6 Å². The highest BCUT2D eigenvalue weighted by Crippen LogP contribution is 2.11. The van der Waals surface area contributed by atoms with Crippen molar-refractivity contribution in [1.29, 1.82) is 0 Å². The van der Waals surface area contributed by atoms with Crippen LogP contribution < -0.4 is 5.19 Å². The highest BCUT2D eigenvalue weighted by Gasteiger charge is 2.40. The first-order valence-corrected chi connectivity index (χ1v) is 13.3. The summed E-state index contributed by atoms with van der Waals surface area (Å²) in [5, 5.41) is 0.975. The molecule has 0 aromatic heterocycles. The molecule has 0 radical (unpaired) electrons. The molecule has 0 aliphatic carbocycles. The maximum absolute atomic E-state index is 5.65. The average molecular weight is 479 g/mol. The maximum atomic E-state index is 5.65. The molecule has 0 aliphatic heterocycles. The molecular formula is C20H38O9Si2. The van der Waals surface area contributed by atoms with E-state index in [0.717, 1.165) is 5.19 Å². The number of ether oxygens (including phenoxy) is 3. The lowest BCUT2D eigenvalue weighted by molar-refractivity contribution is 0.0232. The third kappa shape index (κ3) is 11.5. The Morgan fingerprint density at radius 3 is 1.32 bits per heavy atom. The summed E-state index contributed by atoms with van der Waals surface area (Å²) in [7, 11) is 4.19. The third-order valence-corrected chi connectivity index (χ3v) is 8.93.